The molecule has 0 spiro atoms. The molecular weight excluding hydrogens is 328 g/mol. The molecule has 2 atom stereocenters. The van der Waals surface area contributed by atoms with Crippen LogP contribution in [0.3, 0.4) is 0 Å². The predicted octanol–water partition coefficient (Wildman–Crippen LogP) is 3.06. The SMILES string of the molecule is COc1ccc(OC)c(-c2cnc(N[C@H]3C4CCN(CC4)[C@@H]3C)nc2)c1. The first-order valence-corrected chi connectivity index (χ1v) is 9.24. The molecule has 1 aromatic carbocycles. The van der Waals surface area contributed by atoms with Crippen molar-refractivity contribution in [2.24, 2.45) is 5.92 Å². The third kappa shape index (κ3) is 3.09. The zero-order valence-corrected chi connectivity index (χ0v) is 15.6. The highest BCUT2D eigenvalue weighted by atomic mass is 16.5. The van der Waals surface area contributed by atoms with Gasteiger partial charge in [-0.25, -0.2) is 9.97 Å². The van der Waals surface area contributed by atoms with Gasteiger partial charge in [0, 0.05) is 35.6 Å². The molecule has 0 radical (unpaired) electrons. The van der Waals surface area contributed by atoms with E-state index in [1.54, 1.807) is 14.2 Å². The number of aromatic nitrogens is 2. The van der Waals surface area contributed by atoms with Gasteiger partial charge in [-0.15, -0.1) is 0 Å². The van der Waals surface area contributed by atoms with E-state index >= 15 is 0 Å². The van der Waals surface area contributed by atoms with Crippen LogP contribution in [-0.4, -0.2) is 54.3 Å². The van der Waals surface area contributed by atoms with Gasteiger partial charge in [0.1, 0.15) is 11.5 Å². The van der Waals surface area contributed by atoms with Crippen LogP contribution in [0.5, 0.6) is 11.5 Å². The smallest absolute Gasteiger partial charge is 0.222 e. The first kappa shape index (κ1) is 17.1. The van der Waals surface area contributed by atoms with Crippen LogP contribution < -0.4 is 14.8 Å². The van der Waals surface area contributed by atoms with Crippen LogP contribution >= 0.6 is 0 Å². The lowest BCUT2D eigenvalue weighted by molar-refractivity contribution is 0.0455. The van der Waals surface area contributed by atoms with Crippen molar-refractivity contribution in [1.29, 1.82) is 0 Å². The summed E-state index contributed by atoms with van der Waals surface area (Å²) in [4.78, 5) is 11.7. The summed E-state index contributed by atoms with van der Waals surface area (Å²) >= 11 is 0. The highest BCUT2D eigenvalue weighted by molar-refractivity contribution is 5.71. The quantitative estimate of drug-likeness (QED) is 0.891. The molecule has 0 amide bonds. The summed E-state index contributed by atoms with van der Waals surface area (Å²) in [5.74, 6) is 2.98. The highest BCUT2D eigenvalue weighted by Crippen LogP contribution is 2.35. The summed E-state index contributed by atoms with van der Waals surface area (Å²) in [6, 6.07) is 6.68. The number of anilines is 1. The van der Waals surface area contributed by atoms with E-state index < -0.39 is 0 Å². The molecule has 4 heterocycles. The second-order valence-corrected chi connectivity index (χ2v) is 7.15. The molecule has 2 bridgehead atoms. The van der Waals surface area contributed by atoms with Crippen LogP contribution in [0.25, 0.3) is 11.1 Å². The molecule has 0 aliphatic carbocycles. The first-order chi connectivity index (χ1) is 12.7. The number of benzene rings is 1. The molecule has 3 fully saturated rings. The Balaban J connectivity index is 1.54. The van der Waals surface area contributed by atoms with E-state index in [0.717, 1.165) is 28.5 Å². The average molecular weight is 354 g/mol. The minimum absolute atomic E-state index is 0.426. The second kappa shape index (κ2) is 7.11. The molecule has 3 saturated heterocycles. The minimum atomic E-state index is 0.426. The van der Waals surface area contributed by atoms with E-state index in [2.05, 4.69) is 27.1 Å². The molecule has 26 heavy (non-hydrogen) atoms. The number of methoxy groups -OCH3 is 2. The first-order valence-electron chi connectivity index (χ1n) is 9.24. The number of rotatable bonds is 5. The molecule has 0 unspecified atom stereocenters. The Morgan fingerprint density at radius 3 is 2.42 bits per heavy atom. The lowest BCUT2D eigenvalue weighted by atomic mass is 9.79. The molecule has 1 aromatic heterocycles. The fourth-order valence-corrected chi connectivity index (χ4v) is 4.28. The van der Waals surface area contributed by atoms with Gasteiger partial charge < -0.3 is 14.8 Å². The summed E-state index contributed by atoms with van der Waals surface area (Å²) in [5.41, 5.74) is 1.84. The molecule has 6 nitrogen and oxygen atoms in total. The van der Waals surface area contributed by atoms with Gasteiger partial charge in [-0.1, -0.05) is 0 Å². The van der Waals surface area contributed by atoms with E-state index in [9.17, 15) is 0 Å². The van der Waals surface area contributed by atoms with Crippen LogP contribution in [0.1, 0.15) is 19.8 Å². The summed E-state index contributed by atoms with van der Waals surface area (Å²) in [6.45, 7) is 4.75. The van der Waals surface area contributed by atoms with Crippen molar-refractivity contribution in [3.8, 4) is 22.6 Å². The standard InChI is InChI=1S/C20H26N4O2/c1-13-19(14-6-8-24(13)9-7-14)23-20-21-11-15(12-22-20)17-10-16(25-2)4-5-18(17)26-3/h4-5,10-14,19H,6-9H2,1-3H3,(H,21,22,23)/t13-,19-/m1/s1. The maximum absolute atomic E-state index is 5.47. The zero-order chi connectivity index (χ0) is 18.1. The van der Waals surface area contributed by atoms with Crippen molar-refractivity contribution in [3.63, 3.8) is 0 Å². The minimum Gasteiger partial charge on any atom is -0.497 e. The largest absolute Gasteiger partial charge is 0.497 e. The van der Waals surface area contributed by atoms with E-state index in [1.807, 2.05) is 30.6 Å². The molecule has 3 aliphatic rings. The van der Waals surface area contributed by atoms with Crippen LogP contribution in [0.4, 0.5) is 5.95 Å². The lowest BCUT2D eigenvalue weighted by Gasteiger charge is -2.49. The molecule has 1 N–H and O–H groups in total. The normalized spacial score (nSPS) is 27.2. The summed E-state index contributed by atoms with van der Waals surface area (Å²) in [7, 11) is 3.32. The number of fused-ring (bicyclic) bond motifs is 3. The third-order valence-electron chi connectivity index (χ3n) is 5.84. The number of nitrogens with one attached hydrogen (secondary N) is 1. The van der Waals surface area contributed by atoms with E-state index in [-0.39, 0.29) is 0 Å². The van der Waals surface area contributed by atoms with Crippen LogP contribution in [0.15, 0.2) is 30.6 Å². The Hall–Kier alpha value is -2.34. The molecule has 138 valence electrons. The van der Waals surface area contributed by atoms with Crippen molar-refractivity contribution in [3.05, 3.63) is 30.6 Å². The summed E-state index contributed by atoms with van der Waals surface area (Å²) in [5, 5.41) is 3.57. The Labute approximate surface area is 154 Å². The number of piperidine rings is 3. The molecule has 5 rings (SSSR count). The average Bonchev–Trinajstić information content (AvgIpc) is 2.71. The molecular formula is C20H26N4O2. The lowest BCUT2D eigenvalue weighted by Crippen LogP contribution is -2.59. The van der Waals surface area contributed by atoms with E-state index in [4.69, 9.17) is 9.47 Å². The Morgan fingerprint density at radius 1 is 1.08 bits per heavy atom. The Kier molecular flexibility index (Phi) is 4.68. The van der Waals surface area contributed by atoms with E-state index in [1.165, 1.54) is 25.9 Å². The zero-order valence-electron chi connectivity index (χ0n) is 15.6. The number of hydrogen-bond donors (Lipinski definition) is 1. The van der Waals surface area contributed by atoms with Gasteiger partial charge in [0.25, 0.3) is 0 Å². The Bertz CT molecular complexity index is 755. The molecule has 6 heteroatoms. The fraction of sp³-hybridized carbons (Fsp3) is 0.500. The van der Waals surface area contributed by atoms with Gasteiger partial charge in [0.2, 0.25) is 5.95 Å². The predicted molar refractivity (Wildman–Crippen MR) is 102 cm³/mol. The second-order valence-electron chi connectivity index (χ2n) is 7.15. The summed E-state index contributed by atoms with van der Waals surface area (Å²) < 4.78 is 10.8. The molecule has 0 saturated carbocycles. The fourth-order valence-electron chi connectivity index (χ4n) is 4.28. The highest BCUT2D eigenvalue weighted by Gasteiger charge is 2.39. The van der Waals surface area contributed by atoms with Crippen molar-refractivity contribution in [1.82, 2.24) is 14.9 Å². The van der Waals surface area contributed by atoms with Gasteiger partial charge >= 0.3 is 0 Å². The van der Waals surface area contributed by atoms with Gasteiger partial charge in [-0.3, -0.25) is 4.90 Å². The van der Waals surface area contributed by atoms with Gasteiger partial charge in [-0.2, -0.15) is 0 Å². The Morgan fingerprint density at radius 2 is 1.81 bits per heavy atom. The van der Waals surface area contributed by atoms with Crippen molar-refractivity contribution >= 4 is 5.95 Å². The number of hydrogen-bond acceptors (Lipinski definition) is 6. The van der Waals surface area contributed by atoms with E-state index in [0.29, 0.717) is 18.0 Å². The summed E-state index contributed by atoms with van der Waals surface area (Å²) in [6.07, 6.45) is 6.22. The molecule has 2 aromatic rings. The van der Waals surface area contributed by atoms with Crippen LogP contribution in [0.2, 0.25) is 0 Å². The third-order valence-corrected chi connectivity index (χ3v) is 5.84. The number of ether oxygens (including phenoxy) is 2. The maximum atomic E-state index is 5.47. The maximum Gasteiger partial charge on any atom is 0.222 e. The van der Waals surface area contributed by atoms with Crippen molar-refractivity contribution in [2.45, 2.75) is 31.8 Å². The van der Waals surface area contributed by atoms with Gasteiger partial charge in [0.05, 0.1) is 14.2 Å². The van der Waals surface area contributed by atoms with Crippen molar-refractivity contribution in [2.75, 3.05) is 32.6 Å². The van der Waals surface area contributed by atoms with Gasteiger partial charge in [-0.05, 0) is 57.0 Å². The number of nitrogens with zero attached hydrogens (tertiary/aromatic N) is 3. The molecule has 3 aliphatic heterocycles. The van der Waals surface area contributed by atoms with Gasteiger partial charge in [0.15, 0.2) is 0 Å². The monoisotopic (exact) mass is 354 g/mol. The van der Waals surface area contributed by atoms with Crippen molar-refractivity contribution < 1.29 is 9.47 Å². The topological polar surface area (TPSA) is 59.5 Å². The van der Waals surface area contributed by atoms with Crippen LogP contribution in [0, 0.1) is 5.92 Å². The van der Waals surface area contributed by atoms with Crippen LogP contribution in [-0.2, 0) is 0 Å².